The van der Waals surface area contributed by atoms with Crippen molar-refractivity contribution in [2.75, 3.05) is 19.3 Å². The average Bonchev–Trinajstić information content (AvgIpc) is 2.31. The lowest BCUT2D eigenvalue weighted by Gasteiger charge is -2.26. The fraction of sp³-hybridized carbons (Fsp3) is 0.538. The molecule has 0 atom stereocenters. The van der Waals surface area contributed by atoms with E-state index < -0.39 is 0 Å². The van der Waals surface area contributed by atoms with Crippen molar-refractivity contribution in [2.24, 2.45) is 0 Å². The molecule has 0 saturated carbocycles. The molecule has 82 valence electrons. The molecule has 0 N–H and O–H groups in total. The van der Waals surface area contributed by atoms with E-state index in [4.69, 9.17) is 0 Å². The van der Waals surface area contributed by atoms with Gasteiger partial charge in [-0.2, -0.15) is 0 Å². The van der Waals surface area contributed by atoms with Gasteiger partial charge in [0.05, 0.1) is 0 Å². The number of thioether (sulfide) groups is 1. The van der Waals surface area contributed by atoms with E-state index in [-0.39, 0.29) is 0 Å². The van der Waals surface area contributed by atoms with E-state index in [1.165, 1.54) is 42.8 Å². The SMILES string of the molecule is CSc1cccc(CN2CCCCC2)c1. The number of nitrogens with zero attached hydrogens (tertiary/aromatic N) is 1. The molecular weight excluding hydrogens is 202 g/mol. The van der Waals surface area contributed by atoms with Crippen LogP contribution in [0.1, 0.15) is 24.8 Å². The summed E-state index contributed by atoms with van der Waals surface area (Å²) < 4.78 is 0. The van der Waals surface area contributed by atoms with Crippen LogP contribution >= 0.6 is 11.8 Å². The molecule has 1 aliphatic rings. The third-order valence-electron chi connectivity index (χ3n) is 2.99. The van der Waals surface area contributed by atoms with Gasteiger partial charge in [-0.1, -0.05) is 18.6 Å². The van der Waals surface area contributed by atoms with E-state index in [0.29, 0.717) is 0 Å². The maximum Gasteiger partial charge on any atom is 0.0234 e. The summed E-state index contributed by atoms with van der Waals surface area (Å²) in [5, 5.41) is 0. The summed E-state index contributed by atoms with van der Waals surface area (Å²) in [5.41, 5.74) is 1.46. The molecule has 2 heteroatoms. The molecule has 1 saturated heterocycles. The Kier molecular flexibility index (Phi) is 4.09. The van der Waals surface area contributed by atoms with E-state index in [1.54, 1.807) is 0 Å². The second kappa shape index (κ2) is 5.57. The van der Waals surface area contributed by atoms with E-state index >= 15 is 0 Å². The van der Waals surface area contributed by atoms with Crippen molar-refractivity contribution in [1.82, 2.24) is 4.90 Å². The smallest absolute Gasteiger partial charge is 0.0234 e. The maximum absolute atomic E-state index is 2.57. The predicted octanol–water partition coefficient (Wildman–Crippen LogP) is 3.39. The Hall–Kier alpha value is -0.470. The summed E-state index contributed by atoms with van der Waals surface area (Å²) in [6.07, 6.45) is 6.31. The molecule has 0 bridgehead atoms. The van der Waals surface area contributed by atoms with Gasteiger partial charge in [-0.25, -0.2) is 0 Å². The first-order valence-electron chi connectivity index (χ1n) is 5.74. The first kappa shape index (κ1) is 11.0. The largest absolute Gasteiger partial charge is 0.299 e. The molecule has 1 aliphatic heterocycles. The van der Waals surface area contributed by atoms with Gasteiger partial charge < -0.3 is 0 Å². The van der Waals surface area contributed by atoms with E-state index in [1.807, 2.05) is 11.8 Å². The Balaban J connectivity index is 1.96. The van der Waals surface area contributed by atoms with Crippen molar-refractivity contribution >= 4 is 11.8 Å². The topological polar surface area (TPSA) is 3.24 Å². The summed E-state index contributed by atoms with van der Waals surface area (Å²) in [4.78, 5) is 3.95. The standard InChI is InChI=1S/C13H19NS/c1-15-13-7-5-6-12(10-13)11-14-8-3-2-4-9-14/h5-7,10H,2-4,8-9,11H2,1H3. The lowest BCUT2D eigenvalue weighted by atomic mass is 10.1. The monoisotopic (exact) mass is 221 g/mol. The minimum absolute atomic E-state index is 1.13. The van der Waals surface area contributed by atoms with Gasteiger partial charge in [-0.15, -0.1) is 11.8 Å². The highest BCUT2D eigenvalue weighted by atomic mass is 32.2. The Labute approximate surface area is 96.9 Å². The van der Waals surface area contributed by atoms with Crippen LogP contribution in [-0.2, 0) is 6.54 Å². The summed E-state index contributed by atoms with van der Waals surface area (Å²) in [6.45, 7) is 3.70. The number of benzene rings is 1. The van der Waals surface area contributed by atoms with Gasteiger partial charge in [0.1, 0.15) is 0 Å². The van der Waals surface area contributed by atoms with Gasteiger partial charge >= 0.3 is 0 Å². The van der Waals surface area contributed by atoms with Crippen molar-refractivity contribution in [3.63, 3.8) is 0 Å². The molecule has 0 aliphatic carbocycles. The molecule has 0 aromatic heterocycles. The molecule has 1 aromatic carbocycles. The molecule has 1 nitrogen and oxygen atoms in total. The second-order valence-corrected chi connectivity index (χ2v) is 5.07. The summed E-state index contributed by atoms with van der Waals surface area (Å²) in [7, 11) is 0. The molecule has 1 aromatic rings. The Morgan fingerprint density at radius 1 is 1.20 bits per heavy atom. The number of hydrogen-bond acceptors (Lipinski definition) is 2. The number of hydrogen-bond donors (Lipinski definition) is 0. The summed E-state index contributed by atoms with van der Waals surface area (Å²) in [5.74, 6) is 0. The first-order chi connectivity index (χ1) is 7.38. The van der Waals surface area contributed by atoms with Crippen LogP contribution in [0.25, 0.3) is 0 Å². The normalized spacial score (nSPS) is 17.9. The minimum Gasteiger partial charge on any atom is -0.299 e. The zero-order chi connectivity index (χ0) is 10.5. The van der Waals surface area contributed by atoms with Crippen LogP contribution < -0.4 is 0 Å². The van der Waals surface area contributed by atoms with Crippen LogP contribution in [0.3, 0.4) is 0 Å². The van der Waals surface area contributed by atoms with Gasteiger partial charge in [0.25, 0.3) is 0 Å². The van der Waals surface area contributed by atoms with Gasteiger partial charge in [0.2, 0.25) is 0 Å². The molecular formula is C13H19NS. The van der Waals surface area contributed by atoms with Crippen LogP contribution in [-0.4, -0.2) is 24.2 Å². The first-order valence-corrected chi connectivity index (χ1v) is 6.96. The zero-order valence-corrected chi connectivity index (χ0v) is 10.2. The van der Waals surface area contributed by atoms with Crippen LogP contribution in [0.4, 0.5) is 0 Å². The van der Waals surface area contributed by atoms with E-state index in [0.717, 1.165) is 6.54 Å². The third-order valence-corrected chi connectivity index (χ3v) is 3.71. The lowest BCUT2D eigenvalue weighted by Crippen LogP contribution is -2.29. The molecule has 0 amide bonds. The lowest BCUT2D eigenvalue weighted by molar-refractivity contribution is 0.221. The van der Waals surface area contributed by atoms with Gasteiger partial charge in [-0.3, -0.25) is 4.90 Å². The van der Waals surface area contributed by atoms with Gasteiger partial charge in [0.15, 0.2) is 0 Å². The van der Waals surface area contributed by atoms with Crippen molar-refractivity contribution in [1.29, 1.82) is 0 Å². The van der Waals surface area contributed by atoms with E-state index in [2.05, 4.69) is 35.4 Å². The molecule has 1 fully saturated rings. The molecule has 2 rings (SSSR count). The van der Waals surface area contributed by atoms with Crippen LogP contribution in [0, 0.1) is 0 Å². The number of rotatable bonds is 3. The fourth-order valence-electron chi connectivity index (χ4n) is 2.15. The summed E-state index contributed by atoms with van der Waals surface area (Å²) in [6, 6.07) is 8.92. The molecule has 15 heavy (non-hydrogen) atoms. The Morgan fingerprint density at radius 3 is 2.73 bits per heavy atom. The number of likely N-dealkylation sites (tertiary alicyclic amines) is 1. The average molecular weight is 221 g/mol. The van der Waals surface area contributed by atoms with Crippen LogP contribution in [0.2, 0.25) is 0 Å². The minimum atomic E-state index is 1.13. The molecule has 0 radical (unpaired) electrons. The predicted molar refractivity (Wildman–Crippen MR) is 67.4 cm³/mol. The maximum atomic E-state index is 2.57. The van der Waals surface area contributed by atoms with Crippen LogP contribution in [0.5, 0.6) is 0 Å². The highest BCUT2D eigenvalue weighted by molar-refractivity contribution is 7.98. The Bertz CT molecular complexity index is 305. The second-order valence-electron chi connectivity index (χ2n) is 4.19. The number of piperidine rings is 1. The third kappa shape index (κ3) is 3.25. The van der Waals surface area contributed by atoms with Crippen LogP contribution in [0.15, 0.2) is 29.2 Å². The fourth-order valence-corrected chi connectivity index (χ4v) is 2.63. The molecule has 0 spiro atoms. The quantitative estimate of drug-likeness (QED) is 0.720. The Morgan fingerprint density at radius 2 is 2.00 bits per heavy atom. The highest BCUT2D eigenvalue weighted by Gasteiger charge is 2.10. The van der Waals surface area contributed by atoms with Crippen molar-refractivity contribution in [3.05, 3.63) is 29.8 Å². The van der Waals surface area contributed by atoms with Crippen molar-refractivity contribution < 1.29 is 0 Å². The van der Waals surface area contributed by atoms with Crippen molar-refractivity contribution in [2.45, 2.75) is 30.7 Å². The van der Waals surface area contributed by atoms with E-state index in [9.17, 15) is 0 Å². The molecule has 0 unspecified atom stereocenters. The van der Waals surface area contributed by atoms with Crippen molar-refractivity contribution in [3.8, 4) is 0 Å². The molecule has 1 heterocycles. The summed E-state index contributed by atoms with van der Waals surface area (Å²) >= 11 is 1.83. The van der Waals surface area contributed by atoms with Gasteiger partial charge in [-0.05, 0) is 49.9 Å². The highest BCUT2D eigenvalue weighted by Crippen LogP contribution is 2.18. The zero-order valence-electron chi connectivity index (χ0n) is 9.41. The van der Waals surface area contributed by atoms with Gasteiger partial charge in [0, 0.05) is 11.4 Å².